The van der Waals surface area contributed by atoms with Crippen molar-refractivity contribution >= 4 is 16.8 Å². The van der Waals surface area contributed by atoms with Crippen LogP contribution in [-0.2, 0) is 29.0 Å². The number of halogens is 1. The zero-order chi connectivity index (χ0) is 20.2. The topological polar surface area (TPSA) is 57.4 Å². The van der Waals surface area contributed by atoms with E-state index in [0.29, 0.717) is 6.54 Å². The summed E-state index contributed by atoms with van der Waals surface area (Å²) in [5.74, 6) is -0.366. The molecule has 0 radical (unpaired) electrons. The van der Waals surface area contributed by atoms with E-state index in [4.69, 9.17) is 4.74 Å². The second-order valence-corrected chi connectivity index (χ2v) is 7.53. The Morgan fingerprint density at radius 1 is 1.17 bits per heavy atom. The van der Waals surface area contributed by atoms with Gasteiger partial charge in [0, 0.05) is 42.8 Å². The third-order valence-electron chi connectivity index (χ3n) is 5.51. The van der Waals surface area contributed by atoms with Gasteiger partial charge in [0.2, 0.25) is 5.91 Å². The molecule has 5 nitrogen and oxygen atoms in total. The lowest BCUT2D eigenvalue weighted by molar-refractivity contribution is -0.120. The van der Waals surface area contributed by atoms with Crippen LogP contribution in [0.1, 0.15) is 22.4 Å². The van der Waals surface area contributed by atoms with Crippen molar-refractivity contribution in [3.8, 4) is 0 Å². The van der Waals surface area contributed by atoms with Crippen LogP contribution in [0.2, 0.25) is 0 Å². The highest BCUT2D eigenvalue weighted by Gasteiger charge is 2.15. The zero-order valence-corrected chi connectivity index (χ0v) is 16.6. The van der Waals surface area contributed by atoms with Gasteiger partial charge in [0.25, 0.3) is 0 Å². The summed E-state index contributed by atoms with van der Waals surface area (Å²) in [6.45, 7) is 6.64. The number of morpholine rings is 1. The lowest BCUT2D eigenvalue weighted by atomic mass is 10.1. The van der Waals surface area contributed by atoms with Gasteiger partial charge < -0.3 is 15.0 Å². The van der Waals surface area contributed by atoms with Crippen molar-refractivity contribution in [2.45, 2.75) is 26.4 Å². The van der Waals surface area contributed by atoms with Gasteiger partial charge in [0.05, 0.1) is 19.6 Å². The Kier molecular flexibility index (Phi) is 5.92. The van der Waals surface area contributed by atoms with Gasteiger partial charge in [-0.25, -0.2) is 4.39 Å². The maximum Gasteiger partial charge on any atom is 0.224 e. The highest BCUT2D eigenvalue weighted by molar-refractivity contribution is 5.90. The van der Waals surface area contributed by atoms with Crippen molar-refractivity contribution in [1.29, 1.82) is 0 Å². The molecule has 2 aromatic carbocycles. The molecule has 3 aromatic rings. The lowest BCUT2D eigenvalue weighted by Gasteiger charge is -2.27. The van der Waals surface area contributed by atoms with Gasteiger partial charge in [-0.2, -0.15) is 0 Å². The summed E-state index contributed by atoms with van der Waals surface area (Å²) in [6, 6.07) is 12.8. The number of hydrogen-bond donors (Lipinski definition) is 2. The van der Waals surface area contributed by atoms with Crippen molar-refractivity contribution in [2.75, 3.05) is 26.3 Å². The molecule has 0 spiro atoms. The third kappa shape index (κ3) is 4.66. The Labute approximate surface area is 169 Å². The number of fused-ring (bicyclic) bond motifs is 1. The second-order valence-electron chi connectivity index (χ2n) is 7.53. The van der Waals surface area contributed by atoms with Crippen LogP contribution in [0.4, 0.5) is 4.39 Å². The van der Waals surface area contributed by atoms with Gasteiger partial charge in [0.15, 0.2) is 0 Å². The third-order valence-corrected chi connectivity index (χ3v) is 5.51. The Morgan fingerprint density at radius 3 is 2.72 bits per heavy atom. The van der Waals surface area contributed by atoms with Crippen LogP contribution in [0.25, 0.3) is 10.9 Å². The van der Waals surface area contributed by atoms with E-state index in [2.05, 4.69) is 27.3 Å². The Bertz CT molecular complexity index is 1010. The van der Waals surface area contributed by atoms with Crippen molar-refractivity contribution in [3.63, 3.8) is 0 Å². The first-order chi connectivity index (χ1) is 14.1. The fraction of sp³-hybridized carbons (Fsp3) is 0.348. The van der Waals surface area contributed by atoms with Crippen LogP contribution < -0.4 is 5.32 Å². The Balaban J connectivity index is 1.41. The number of amides is 1. The molecule has 1 aliphatic heterocycles. The summed E-state index contributed by atoms with van der Waals surface area (Å²) < 4.78 is 19.1. The number of carbonyl (C=O) groups is 1. The molecule has 29 heavy (non-hydrogen) atoms. The first-order valence-electron chi connectivity index (χ1n) is 10.0. The van der Waals surface area contributed by atoms with Crippen molar-refractivity contribution in [2.24, 2.45) is 0 Å². The maximum absolute atomic E-state index is 13.6. The molecule has 0 unspecified atom stereocenters. The summed E-state index contributed by atoms with van der Waals surface area (Å²) >= 11 is 0. The van der Waals surface area contributed by atoms with Crippen molar-refractivity contribution < 1.29 is 13.9 Å². The van der Waals surface area contributed by atoms with Crippen LogP contribution in [0.3, 0.4) is 0 Å². The highest BCUT2D eigenvalue weighted by atomic mass is 19.1. The molecule has 0 bridgehead atoms. The number of aromatic amines is 1. The van der Waals surface area contributed by atoms with Gasteiger partial charge in [-0.05, 0) is 41.8 Å². The molecule has 2 heterocycles. The van der Waals surface area contributed by atoms with E-state index in [0.717, 1.165) is 60.6 Å². The zero-order valence-electron chi connectivity index (χ0n) is 16.6. The summed E-state index contributed by atoms with van der Waals surface area (Å²) in [6.07, 6.45) is 0.223. The predicted octanol–water partition coefficient (Wildman–Crippen LogP) is 3.31. The minimum atomic E-state index is -0.296. The molecule has 1 fully saturated rings. The molecule has 4 rings (SSSR count). The van der Waals surface area contributed by atoms with Crippen LogP contribution in [0, 0.1) is 12.7 Å². The fourth-order valence-corrected chi connectivity index (χ4v) is 3.88. The number of nitrogens with one attached hydrogen (secondary N) is 2. The molecular weight excluding hydrogens is 369 g/mol. The number of hydrogen-bond acceptors (Lipinski definition) is 3. The first kappa shape index (κ1) is 19.6. The number of aromatic nitrogens is 1. The number of H-pyrrole nitrogens is 1. The van der Waals surface area contributed by atoms with E-state index in [1.165, 1.54) is 17.7 Å². The average molecular weight is 395 g/mol. The average Bonchev–Trinajstić information content (AvgIpc) is 3.03. The smallest absolute Gasteiger partial charge is 0.224 e. The number of benzene rings is 2. The van der Waals surface area contributed by atoms with Crippen LogP contribution in [0.5, 0.6) is 0 Å². The SMILES string of the molecule is Cc1[nH]c2ccc(F)cc2c1CC(=O)NCc1ccccc1CN1CCOCC1. The second kappa shape index (κ2) is 8.76. The summed E-state index contributed by atoms with van der Waals surface area (Å²) in [4.78, 5) is 18.2. The Hall–Kier alpha value is -2.70. The van der Waals surface area contributed by atoms with E-state index in [1.807, 2.05) is 19.1 Å². The quantitative estimate of drug-likeness (QED) is 0.673. The molecule has 1 amide bonds. The number of ether oxygens (including phenoxy) is 1. The molecule has 2 N–H and O–H groups in total. The normalized spacial score (nSPS) is 15.0. The van der Waals surface area contributed by atoms with Crippen molar-refractivity contribution in [3.05, 3.63) is 70.7 Å². The molecule has 1 aliphatic rings. The molecule has 1 saturated heterocycles. The van der Waals surface area contributed by atoms with Gasteiger partial charge in [-0.3, -0.25) is 9.69 Å². The van der Waals surface area contributed by atoms with Gasteiger partial charge >= 0.3 is 0 Å². The minimum Gasteiger partial charge on any atom is -0.379 e. The number of carbonyl (C=O) groups excluding carboxylic acids is 1. The largest absolute Gasteiger partial charge is 0.379 e. The molecular formula is C23H26FN3O2. The number of rotatable bonds is 6. The molecule has 1 aromatic heterocycles. The predicted molar refractivity (Wildman–Crippen MR) is 111 cm³/mol. The van der Waals surface area contributed by atoms with E-state index < -0.39 is 0 Å². The lowest BCUT2D eigenvalue weighted by Crippen LogP contribution is -2.36. The van der Waals surface area contributed by atoms with E-state index in [-0.39, 0.29) is 18.1 Å². The van der Waals surface area contributed by atoms with E-state index in [1.54, 1.807) is 6.07 Å². The van der Waals surface area contributed by atoms with Crippen LogP contribution in [-0.4, -0.2) is 42.1 Å². The first-order valence-corrected chi connectivity index (χ1v) is 10.0. The van der Waals surface area contributed by atoms with Crippen LogP contribution in [0.15, 0.2) is 42.5 Å². The van der Waals surface area contributed by atoms with E-state index in [9.17, 15) is 9.18 Å². The summed E-state index contributed by atoms with van der Waals surface area (Å²) in [5.41, 5.74) is 4.93. The molecule has 0 atom stereocenters. The van der Waals surface area contributed by atoms with Gasteiger partial charge in [-0.1, -0.05) is 24.3 Å². The van der Waals surface area contributed by atoms with Crippen molar-refractivity contribution in [1.82, 2.24) is 15.2 Å². The minimum absolute atomic E-state index is 0.0700. The number of aryl methyl sites for hydroxylation is 1. The number of nitrogens with zero attached hydrogens (tertiary/aromatic N) is 1. The summed E-state index contributed by atoms with van der Waals surface area (Å²) in [5, 5.41) is 3.80. The van der Waals surface area contributed by atoms with E-state index >= 15 is 0 Å². The fourth-order valence-electron chi connectivity index (χ4n) is 3.88. The maximum atomic E-state index is 13.6. The highest BCUT2D eigenvalue weighted by Crippen LogP contribution is 2.23. The molecule has 0 saturated carbocycles. The Morgan fingerprint density at radius 2 is 1.93 bits per heavy atom. The summed E-state index contributed by atoms with van der Waals surface area (Å²) in [7, 11) is 0. The van der Waals surface area contributed by atoms with Crippen LogP contribution >= 0.6 is 0 Å². The monoisotopic (exact) mass is 395 g/mol. The molecule has 152 valence electrons. The van der Waals surface area contributed by atoms with Gasteiger partial charge in [0.1, 0.15) is 5.82 Å². The molecule has 6 heteroatoms. The van der Waals surface area contributed by atoms with Gasteiger partial charge in [-0.15, -0.1) is 0 Å². The standard InChI is InChI=1S/C23H26FN3O2/c1-16-20(21-12-19(24)6-7-22(21)26-16)13-23(28)25-14-17-4-2-3-5-18(17)15-27-8-10-29-11-9-27/h2-7,12,26H,8-11,13-15H2,1H3,(H,25,28). The molecule has 0 aliphatic carbocycles.